The Hall–Kier alpha value is -1.32. The molecule has 5 rings (SSSR count). The van der Waals surface area contributed by atoms with Gasteiger partial charge in [-0.2, -0.15) is 0 Å². The van der Waals surface area contributed by atoms with Gasteiger partial charge in [0, 0.05) is 17.9 Å². The monoisotopic (exact) mass is 428 g/mol. The highest BCUT2D eigenvalue weighted by Gasteiger charge is 2.69. The number of fused-ring (bicyclic) bond motifs is 6. The minimum absolute atomic E-state index is 0.158. The Balaban J connectivity index is 1.64. The van der Waals surface area contributed by atoms with E-state index in [0.29, 0.717) is 29.8 Å². The maximum Gasteiger partial charge on any atom is 0.335 e. The minimum Gasteiger partial charge on any atom is -0.462 e. The predicted molar refractivity (Wildman–Crippen MR) is 119 cm³/mol. The van der Waals surface area contributed by atoms with E-state index in [4.69, 9.17) is 9.47 Å². The van der Waals surface area contributed by atoms with Gasteiger partial charge in [0.1, 0.15) is 12.7 Å². The molecule has 3 fully saturated rings. The summed E-state index contributed by atoms with van der Waals surface area (Å²) < 4.78 is 11.6. The third-order valence-corrected chi connectivity index (χ3v) is 11.0. The van der Waals surface area contributed by atoms with E-state index in [-0.39, 0.29) is 28.9 Å². The molecule has 4 nitrogen and oxygen atoms in total. The van der Waals surface area contributed by atoms with Crippen molar-refractivity contribution in [1.29, 1.82) is 0 Å². The van der Waals surface area contributed by atoms with Crippen molar-refractivity contribution in [3.63, 3.8) is 0 Å². The molecule has 0 bridgehead atoms. The molecule has 4 heteroatoms. The van der Waals surface area contributed by atoms with Gasteiger partial charge in [-0.25, -0.2) is 4.79 Å². The van der Waals surface area contributed by atoms with E-state index in [2.05, 4.69) is 34.6 Å². The second-order valence-electron chi connectivity index (χ2n) is 12.8. The summed E-state index contributed by atoms with van der Waals surface area (Å²) in [4.78, 5) is 25.2. The van der Waals surface area contributed by atoms with Crippen LogP contribution in [0.2, 0.25) is 0 Å². The van der Waals surface area contributed by atoms with Gasteiger partial charge >= 0.3 is 11.9 Å². The normalized spacial score (nSPS) is 48.1. The summed E-state index contributed by atoms with van der Waals surface area (Å²) in [5.41, 5.74) is 2.35. The Labute approximate surface area is 187 Å². The van der Waals surface area contributed by atoms with Crippen molar-refractivity contribution in [3.05, 3.63) is 11.1 Å². The molecule has 1 aliphatic heterocycles. The lowest BCUT2D eigenvalue weighted by Crippen LogP contribution is -2.66. The molecule has 0 amide bonds. The van der Waals surface area contributed by atoms with Crippen LogP contribution in [0.25, 0.3) is 0 Å². The number of esters is 2. The molecule has 0 aromatic rings. The van der Waals surface area contributed by atoms with Crippen molar-refractivity contribution in [2.45, 2.75) is 99.0 Å². The van der Waals surface area contributed by atoms with Crippen molar-refractivity contribution in [2.24, 2.45) is 39.4 Å². The summed E-state index contributed by atoms with van der Waals surface area (Å²) in [6, 6.07) is 0. The zero-order valence-electron chi connectivity index (χ0n) is 20.3. The van der Waals surface area contributed by atoms with Crippen LogP contribution in [0.4, 0.5) is 0 Å². The van der Waals surface area contributed by atoms with Crippen LogP contribution in [0.1, 0.15) is 92.9 Å². The third-order valence-electron chi connectivity index (χ3n) is 11.0. The van der Waals surface area contributed by atoms with Crippen molar-refractivity contribution in [2.75, 3.05) is 6.61 Å². The Morgan fingerprint density at radius 1 is 0.968 bits per heavy atom. The molecule has 0 aromatic heterocycles. The highest BCUT2D eigenvalue weighted by Crippen LogP contribution is 2.73. The first kappa shape index (κ1) is 21.5. The van der Waals surface area contributed by atoms with Gasteiger partial charge in [-0.05, 0) is 84.5 Å². The molecular weight excluding hydrogens is 388 g/mol. The Morgan fingerprint density at radius 2 is 1.68 bits per heavy atom. The minimum atomic E-state index is -0.439. The van der Waals surface area contributed by atoms with Gasteiger partial charge in [0.15, 0.2) is 0 Å². The fourth-order valence-corrected chi connectivity index (χ4v) is 9.90. The number of rotatable bonds is 1. The number of ether oxygens (including phenoxy) is 2. The van der Waals surface area contributed by atoms with Gasteiger partial charge in [0.05, 0.1) is 0 Å². The fourth-order valence-electron chi connectivity index (χ4n) is 9.90. The van der Waals surface area contributed by atoms with Crippen LogP contribution in [0.15, 0.2) is 11.1 Å². The SMILES string of the molecule is CC(=O)O[C@H]1C[C@H]2[C@@](C)(CCC3C(C)(C)CCC[C@@]32C)[C@@H]2CCC3=C(C(=O)OC3)[C@@]12C. The largest absolute Gasteiger partial charge is 0.462 e. The second-order valence-corrected chi connectivity index (χ2v) is 12.8. The molecule has 0 aromatic carbocycles. The summed E-state index contributed by atoms with van der Waals surface area (Å²) in [6.45, 7) is 14.2. The Bertz CT molecular complexity index is 855. The van der Waals surface area contributed by atoms with Gasteiger partial charge in [-0.1, -0.05) is 41.0 Å². The average molecular weight is 429 g/mol. The first-order valence-electron chi connectivity index (χ1n) is 12.5. The maximum atomic E-state index is 12.9. The quantitative estimate of drug-likeness (QED) is 0.492. The van der Waals surface area contributed by atoms with E-state index in [1.807, 2.05) is 0 Å². The number of carbonyl (C=O) groups is 2. The maximum absolute atomic E-state index is 12.9. The molecule has 7 atom stereocenters. The molecule has 3 saturated carbocycles. The second kappa shape index (κ2) is 6.60. The van der Waals surface area contributed by atoms with E-state index in [1.54, 1.807) is 0 Å². The van der Waals surface area contributed by atoms with Crippen molar-refractivity contribution in [3.8, 4) is 0 Å². The van der Waals surface area contributed by atoms with Crippen molar-refractivity contribution < 1.29 is 19.1 Å². The average Bonchev–Trinajstić information content (AvgIpc) is 3.04. The van der Waals surface area contributed by atoms with E-state index in [0.717, 1.165) is 30.4 Å². The fraction of sp³-hybridized carbons (Fsp3) is 0.852. The lowest BCUT2D eigenvalue weighted by Gasteiger charge is -2.70. The van der Waals surface area contributed by atoms with Crippen LogP contribution in [0, 0.1) is 39.4 Å². The molecule has 172 valence electrons. The molecule has 1 unspecified atom stereocenters. The topological polar surface area (TPSA) is 52.6 Å². The molecule has 0 radical (unpaired) electrons. The molecule has 31 heavy (non-hydrogen) atoms. The van der Waals surface area contributed by atoms with Gasteiger partial charge in [0.25, 0.3) is 0 Å². The van der Waals surface area contributed by atoms with Gasteiger partial charge in [-0.3, -0.25) is 4.79 Å². The molecule has 0 spiro atoms. The van der Waals surface area contributed by atoms with E-state index in [1.165, 1.54) is 39.0 Å². The van der Waals surface area contributed by atoms with Crippen LogP contribution < -0.4 is 0 Å². The zero-order chi connectivity index (χ0) is 22.4. The smallest absolute Gasteiger partial charge is 0.335 e. The number of cyclic esters (lactones) is 1. The first-order chi connectivity index (χ1) is 14.4. The molecular formula is C27H40O4. The van der Waals surface area contributed by atoms with E-state index >= 15 is 0 Å². The van der Waals surface area contributed by atoms with Gasteiger partial charge in [-0.15, -0.1) is 0 Å². The van der Waals surface area contributed by atoms with E-state index in [9.17, 15) is 9.59 Å². The van der Waals surface area contributed by atoms with Gasteiger partial charge in [0.2, 0.25) is 0 Å². The first-order valence-corrected chi connectivity index (χ1v) is 12.5. The standard InChI is InChI=1S/C27H40O4/c1-16(28)31-21-14-20-25(4)12-7-11-24(2,3)18(25)10-13-26(20,5)19-9-8-17-15-30-23(29)22(17)27(19,21)6/h18-21H,7-15H2,1-6H3/t18?,19-,20+,21-,25-,26-,27+/m0/s1. The van der Waals surface area contributed by atoms with Crippen LogP contribution in [-0.2, 0) is 19.1 Å². The van der Waals surface area contributed by atoms with Gasteiger partial charge < -0.3 is 9.47 Å². The lowest BCUT2D eigenvalue weighted by atomic mass is 9.35. The Morgan fingerprint density at radius 3 is 2.39 bits per heavy atom. The lowest BCUT2D eigenvalue weighted by molar-refractivity contribution is -0.225. The summed E-state index contributed by atoms with van der Waals surface area (Å²) in [5.74, 6) is 1.17. The molecule has 0 N–H and O–H groups in total. The predicted octanol–water partition coefficient (Wildman–Crippen LogP) is 5.84. The summed E-state index contributed by atoms with van der Waals surface area (Å²) in [6.07, 6.45) is 9.00. The summed E-state index contributed by atoms with van der Waals surface area (Å²) in [7, 11) is 0. The Kier molecular flexibility index (Phi) is 4.59. The number of carbonyl (C=O) groups excluding carboxylic acids is 2. The van der Waals surface area contributed by atoms with Crippen LogP contribution >= 0.6 is 0 Å². The summed E-state index contributed by atoms with van der Waals surface area (Å²) in [5, 5.41) is 0. The number of hydrogen-bond acceptors (Lipinski definition) is 4. The summed E-state index contributed by atoms with van der Waals surface area (Å²) >= 11 is 0. The molecule has 1 heterocycles. The molecule has 0 saturated heterocycles. The van der Waals surface area contributed by atoms with Crippen LogP contribution in [-0.4, -0.2) is 24.6 Å². The van der Waals surface area contributed by atoms with Crippen LogP contribution in [0.5, 0.6) is 0 Å². The van der Waals surface area contributed by atoms with Crippen molar-refractivity contribution in [1.82, 2.24) is 0 Å². The zero-order valence-corrected chi connectivity index (χ0v) is 20.3. The van der Waals surface area contributed by atoms with Crippen LogP contribution in [0.3, 0.4) is 0 Å². The highest BCUT2D eigenvalue weighted by molar-refractivity contribution is 5.94. The molecule has 5 aliphatic rings. The molecule has 4 aliphatic carbocycles. The number of hydrogen-bond donors (Lipinski definition) is 0. The van der Waals surface area contributed by atoms with Crippen molar-refractivity contribution >= 4 is 11.9 Å². The third kappa shape index (κ3) is 2.72. The van der Waals surface area contributed by atoms with E-state index < -0.39 is 5.41 Å². The highest BCUT2D eigenvalue weighted by atomic mass is 16.5.